The van der Waals surface area contributed by atoms with Crippen molar-refractivity contribution in [1.82, 2.24) is 9.62 Å². The summed E-state index contributed by atoms with van der Waals surface area (Å²) in [4.78, 5) is 12.6. The van der Waals surface area contributed by atoms with Crippen LogP contribution >= 0.6 is 23.2 Å². The number of nitrogens with one attached hydrogen (secondary N) is 1. The number of sulfonamides is 1. The molecule has 5 nitrogen and oxygen atoms in total. The van der Waals surface area contributed by atoms with Gasteiger partial charge in [-0.15, -0.1) is 0 Å². The average Bonchev–Trinajstić information content (AvgIpc) is 2.70. The molecule has 1 fully saturated rings. The van der Waals surface area contributed by atoms with Gasteiger partial charge >= 0.3 is 0 Å². The SMILES string of the molecule is CCCC[C@@H](CC)CNC(=O)[C@H]1CCCN(S(=O)(=O)Cc2ccc(Cl)cc2Cl)C1. The van der Waals surface area contributed by atoms with Crippen LogP contribution in [0.15, 0.2) is 18.2 Å². The molecule has 2 rings (SSSR count). The van der Waals surface area contributed by atoms with E-state index in [2.05, 4.69) is 19.2 Å². The van der Waals surface area contributed by atoms with E-state index in [-0.39, 0.29) is 24.1 Å². The number of piperidine rings is 1. The Morgan fingerprint density at radius 1 is 1.31 bits per heavy atom. The van der Waals surface area contributed by atoms with Crippen LogP contribution in [0, 0.1) is 11.8 Å². The predicted octanol–water partition coefficient (Wildman–Crippen LogP) is 4.87. The second-order valence-electron chi connectivity index (χ2n) is 7.85. The van der Waals surface area contributed by atoms with Crippen LogP contribution < -0.4 is 5.32 Å². The maximum absolute atomic E-state index is 12.9. The number of rotatable bonds is 10. The molecule has 1 heterocycles. The Balaban J connectivity index is 1.95. The smallest absolute Gasteiger partial charge is 0.224 e. The molecule has 0 unspecified atom stereocenters. The first-order valence-electron chi connectivity index (χ1n) is 10.5. The molecule has 1 aromatic rings. The number of halogens is 2. The molecule has 2 atom stereocenters. The molecule has 0 bridgehead atoms. The Hall–Kier alpha value is -0.820. The molecule has 1 aliphatic rings. The monoisotopic (exact) mass is 462 g/mol. The van der Waals surface area contributed by atoms with Crippen molar-refractivity contribution in [2.45, 2.75) is 58.1 Å². The van der Waals surface area contributed by atoms with E-state index in [9.17, 15) is 13.2 Å². The number of nitrogens with zero attached hydrogens (tertiary/aromatic N) is 1. The quantitative estimate of drug-likeness (QED) is 0.539. The Kier molecular flexibility index (Phi) is 9.73. The first-order valence-corrected chi connectivity index (χ1v) is 12.8. The zero-order chi connectivity index (χ0) is 21.4. The van der Waals surface area contributed by atoms with Crippen LogP contribution in [0.4, 0.5) is 0 Å². The third-order valence-corrected chi connectivity index (χ3v) is 7.99. The Bertz CT molecular complexity index is 786. The maximum atomic E-state index is 12.9. The number of hydrogen-bond acceptors (Lipinski definition) is 3. The highest BCUT2D eigenvalue weighted by molar-refractivity contribution is 7.88. The molecule has 1 saturated heterocycles. The van der Waals surface area contributed by atoms with Crippen molar-refractivity contribution in [1.29, 1.82) is 0 Å². The Morgan fingerprint density at radius 3 is 2.72 bits per heavy atom. The van der Waals surface area contributed by atoms with E-state index in [0.29, 0.717) is 47.5 Å². The number of hydrogen-bond donors (Lipinski definition) is 1. The topological polar surface area (TPSA) is 66.5 Å². The lowest BCUT2D eigenvalue weighted by atomic mass is 9.96. The third-order valence-electron chi connectivity index (χ3n) is 5.61. The van der Waals surface area contributed by atoms with Gasteiger partial charge in [0.05, 0.1) is 11.7 Å². The first-order chi connectivity index (χ1) is 13.8. The number of benzene rings is 1. The van der Waals surface area contributed by atoms with Gasteiger partial charge in [-0.2, -0.15) is 0 Å². The van der Waals surface area contributed by atoms with Crippen molar-refractivity contribution < 1.29 is 13.2 Å². The summed E-state index contributed by atoms with van der Waals surface area (Å²) in [6.45, 7) is 5.64. The lowest BCUT2D eigenvalue weighted by Crippen LogP contribution is -2.46. The fourth-order valence-electron chi connectivity index (χ4n) is 3.67. The van der Waals surface area contributed by atoms with Crippen LogP contribution in [-0.4, -0.2) is 38.3 Å². The maximum Gasteiger partial charge on any atom is 0.224 e. The molecule has 8 heteroatoms. The number of carbonyl (C=O) groups is 1. The summed E-state index contributed by atoms with van der Waals surface area (Å²) < 4.78 is 27.2. The van der Waals surface area contributed by atoms with Crippen molar-refractivity contribution in [3.05, 3.63) is 33.8 Å². The second kappa shape index (κ2) is 11.5. The average molecular weight is 463 g/mol. The van der Waals surface area contributed by atoms with Crippen LogP contribution in [0.2, 0.25) is 10.0 Å². The van der Waals surface area contributed by atoms with Crippen LogP contribution in [0.25, 0.3) is 0 Å². The summed E-state index contributed by atoms with van der Waals surface area (Å²) in [6, 6.07) is 4.81. The molecule has 1 amide bonds. The molecule has 1 aliphatic heterocycles. The summed E-state index contributed by atoms with van der Waals surface area (Å²) in [5, 5.41) is 3.86. The fraction of sp³-hybridized carbons (Fsp3) is 0.667. The van der Waals surface area contributed by atoms with E-state index in [4.69, 9.17) is 23.2 Å². The standard InChI is InChI=1S/C21H32Cl2N2O3S/c1-3-5-7-16(4-2)13-24-21(26)17-8-6-11-25(14-17)29(27,28)15-18-9-10-19(22)12-20(18)23/h9-10,12,16-17H,3-8,11,13-15H2,1-2H3,(H,24,26)/t16-,17+/m1/s1. The van der Waals surface area contributed by atoms with Gasteiger partial charge in [-0.3, -0.25) is 4.79 Å². The summed E-state index contributed by atoms with van der Waals surface area (Å²) in [5.41, 5.74) is 0.518. The number of unbranched alkanes of at least 4 members (excludes halogenated alkanes) is 1. The molecule has 1 N–H and O–H groups in total. The largest absolute Gasteiger partial charge is 0.356 e. The molecule has 0 aliphatic carbocycles. The summed E-state index contributed by atoms with van der Waals surface area (Å²) in [5.74, 6) is -0.0478. The normalized spacial score (nSPS) is 19.1. The van der Waals surface area contributed by atoms with Gasteiger partial charge in [-0.25, -0.2) is 12.7 Å². The van der Waals surface area contributed by atoms with Gasteiger partial charge in [0, 0.05) is 29.7 Å². The minimum absolute atomic E-state index is 0.0376. The van der Waals surface area contributed by atoms with Crippen LogP contribution in [-0.2, 0) is 20.6 Å². The lowest BCUT2D eigenvalue weighted by molar-refractivity contribution is -0.126. The molecule has 0 radical (unpaired) electrons. The van der Waals surface area contributed by atoms with Crippen molar-refractivity contribution in [3.63, 3.8) is 0 Å². The zero-order valence-electron chi connectivity index (χ0n) is 17.3. The molecule has 1 aromatic carbocycles. The second-order valence-corrected chi connectivity index (χ2v) is 10.7. The van der Waals surface area contributed by atoms with Gasteiger partial charge in [0.2, 0.25) is 15.9 Å². The molecule has 0 spiro atoms. The minimum atomic E-state index is -3.56. The van der Waals surface area contributed by atoms with Crippen molar-refractivity contribution in [3.8, 4) is 0 Å². The molecule has 0 aromatic heterocycles. The van der Waals surface area contributed by atoms with Crippen molar-refractivity contribution >= 4 is 39.1 Å². The highest BCUT2D eigenvalue weighted by Crippen LogP contribution is 2.26. The predicted molar refractivity (Wildman–Crippen MR) is 120 cm³/mol. The summed E-state index contributed by atoms with van der Waals surface area (Å²) in [7, 11) is -3.56. The van der Waals surface area contributed by atoms with Gasteiger partial charge in [-0.1, -0.05) is 62.4 Å². The highest BCUT2D eigenvalue weighted by Gasteiger charge is 2.32. The van der Waals surface area contributed by atoms with Gasteiger partial charge < -0.3 is 5.32 Å². The highest BCUT2D eigenvalue weighted by atomic mass is 35.5. The molecular weight excluding hydrogens is 431 g/mol. The van der Waals surface area contributed by atoms with E-state index in [0.717, 1.165) is 25.7 Å². The zero-order valence-corrected chi connectivity index (χ0v) is 19.6. The van der Waals surface area contributed by atoms with E-state index >= 15 is 0 Å². The van der Waals surface area contributed by atoms with Gasteiger partial charge in [0.25, 0.3) is 0 Å². The van der Waals surface area contributed by atoms with Crippen molar-refractivity contribution in [2.24, 2.45) is 11.8 Å². The molecule has 29 heavy (non-hydrogen) atoms. The molecular formula is C21H32Cl2N2O3S. The molecule has 164 valence electrons. The Morgan fingerprint density at radius 2 is 2.07 bits per heavy atom. The number of amides is 1. The van der Waals surface area contributed by atoms with Gasteiger partial charge in [-0.05, 0) is 42.9 Å². The fourth-order valence-corrected chi connectivity index (χ4v) is 5.86. The summed E-state index contributed by atoms with van der Waals surface area (Å²) in [6.07, 6.45) is 5.85. The van der Waals surface area contributed by atoms with E-state index < -0.39 is 10.0 Å². The minimum Gasteiger partial charge on any atom is -0.356 e. The first kappa shape index (κ1) is 24.4. The Labute approximate surface area is 185 Å². The number of carbonyl (C=O) groups excluding carboxylic acids is 1. The van der Waals surface area contributed by atoms with Gasteiger partial charge in [0.15, 0.2) is 0 Å². The molecule has 0 saturated carbocycles. The van der Waals surface area contributed by atoms with Crippen molar-refractivity contribution in [2.75, 3.05) is 19.6 Å². The lowest BCUT2D eigenvalue weighted by Gasteiger charge is -2.31. The van der Waals surface area contributed by atoms with E-state index in [1.165, 1.54) is 4.31 Å². The van der Waals surface area contributed by atoms with E-state index in [1.54, 1.807) is 18.2 Å². The van der Waals surface area contributed by atoms with Crippen LogP contribution in [0.3, 0.4) is 0 Å². The van der Waals surface area contributed by atoms with E-state index in [1.807, 2.05) is 0 Å². The van der Waals surface area contributed by atoms with Crippen LogP contribution in [0.1, 0.15) is 57.9 Å². The van der Waals surface area contributed by atoms with Crippen LogP contribution in [0.5, 0.6) is 0 Å². The summed E-state index contributed by atoms with van der Waals surface area (Å²) >= 11 is 12.0. The van der Waals surface area contributed by atoms with Gasteiger partial charge in [0.1, 0.15) is 0 Å². The third kappa shape index (κ3) is 7.42.